The van der Waals surface area contributed by atoms with Crippen LogP contribution in [0.5, 0.6) is 0 Å². The van der Waals surface area contributed by atoms with Gasteiger partial charge in [0.15, 0.2) is 5.82 Å². The molecule has 0 bridgehead atoms. The number of hydrogen-bond acceptors (Lipinski definition) is 4. The van der Waals surface area contributed by atoms with Gasteiger partial charge in [-0.05, 0) is 42.8 Å². The number of fused-ring (bicyclic) bond motifs is 1. The van der Waals surface area contributed by atoms with E-state index in [4.69, 9.17) is 0 Å². The van der Waals surface area contributed by atoms with Crippen molar-refractivity contribution in [3.05, 3.63) is 75.5 Å². The number of carbonyl (C=O) groups excluding carboxylic acids is 1. The van der Waals surface area contributed by atoms with E-state index in [2.05, 4.69) is 10.2 Å². The molecule has 1 aromatic carbocycles. The van der Waals surface area contributed by atoms with E-state index >= 15 is 0 Å². The molecule has 7 nitrogen and oxygen atoms in total. The molecule has 0 spiro atoms. The SMILES string of the molecule is Cc1ccn(-c2ccc(F)cc2)c(=O)c1C(=O)N1CCn2c(nnc2C(F)(F)F)C1. The maximum atomic E-state index is 13.2. The molecule has 3 heterocycles. The van der Waals surface area contributed by atoms with Gasteiger partial charge in [-0.1, -0.05) is 0 Å². The Bertz CT molecular complexity index is 1180. The van der Waals surface area contributed by atoms with E-state index in [9.17, 15) is 27.2 Å². The summed E-state index contributed by atoms with van der Waals surface area (Å²) in [6, 6.07) is 6.77. The molecule has 0 unspecified atom stereocenters. The lowest BCUT2D eigenvalue weighted by atomic mass is 10.1. The van der Waals surface area contributed by atoms with Crippen LogP contribution in [0.4, 0.5) is 17.6 Å². The molecule has 3 aromatic rings. The molecule has 1 aliphatic rings. The van der Waals surface area contributed by atoms with Crippen LogP contribution < -0.4 is 5.56 Å². The zero-order valence-corrected chi connectivity index (χ0v) is 15.6. The average molecular weight is 421 g/mol. The van der Waals surface area contributed by atoms with Gasteiger partial charge in [-0.2, -0.15) is 13.2 Å². The van der Waals surface area contributed by atoms with Crippen LogP contribution in [-0.4, -0.2) is 36.7 Å². The zero-order chi connectivity index (χ0) is 21.6. The summed E-state index contributed by atoms with van der Waals surface area (Å²) >= 11 is 0. The highest BCUT2D eigenvalue weighted by atomic mass is 19.4. The van der Waals surface area contributed by atoms with Crippen LogP contribution in [0.25, 0.3) is 5.69 Å². The van der Waals surface area contributed by atoms with E-state index in [1.165, 1.54) is 39.9 Å². The molecule has 4 rings (SSSR count). The van der Waals surface area contributed by atoms with Crippen molar-refractivity contribution in [1.82, 2.24) is 24.2 Å². The number of pyridine rings is 1. The Balaban J connectivity index is 1.67. The Hall–Kier alpha value is -3.50. The second kappa shape index (κ2) is 7.08. The summed E-state index contributed by atoms with van der Waals surface area (Å²) in [5.41, 5.74) is 0.0931. The molecule has 0 fully saturated rings. The van der Waals surface area contributed by atoms with Crippen LogP contribution in [-0.2, 0) is 19.3 Å². The molecule has 30 heavy (non-hydrogen) atoms. The first-order chi connectivity index (χ1) is 14.2. The van der Waals surface area contributed by atoms with Crippen molar-refractivity contribution in [3.63, 3.8) is 0 Å². The third-order valence-corrected chi connectivity index (χ3v) is 4.91. The fourth-order valence-corrected chi connectivity index (χ4v) is 3.39. The third kappa shape index (κ3) is 3.36. The van der Waals surface area contributed by atoms with Crippen molar-refractivity contribution in [2.75, 3.05) is 6.54 Å². The van der Waals surface area contributed by atoms with Gasteiger partial charge in [0.1, 0.15) is 11.4 Å². The van der Waals surface area contributed by atoms with E-state index < -0.39 is 29.3 Å². The molecule has 1 aliphatic heterocycles. The van der Waals surface area contributed by atoms with Gasteiger partial charge < -0.3 is 9.47 Å². The van der Waals surface area contributed by atoms with Crippen molar-refractivity contribution in [1.29, 1.82) is 0 Å². The number of carbonyl (C=O) groups is 1. The number of halogens is 4. The van der Waals surface area contributed by atoms with E-state index in [0.29, 0.717) is 11.3 Å². The molecule has 0 saturated heterocycles. The van der Waals surface area contributed by atoms with Crippen molar-refractivity contribution in [2.45, 2.75) is 26.2 Å². The maximum Gasteiger partial charge on any atom is 0.451 e. The summed E-state index contributed by atoms with van der Waals surface area (Å²) in [5.74, 6) is -2.20. The van der Waals surface area contributed by atoms with Crippen LogP contribution in [0.15, 0.2) is 41.3 Å². The molecule has 0 atom stereocenters. The summed E-state index contributed by atoms with van der Waals surface area (Å²) in [7, 11) is 0. The van der Waals surface area contributed by atoms with Crippen LogP contribution in [0.1, 0.15) is 27.6 Å². The number of rotatable bonds is 2. The Kier molecular flexibility index (Phi) is 4.67. The van der Waals surface area contributed by atoms with E-state index in [1.807, 2.05) is 0 Å². The van der Waals surface area contributed by atoms with Gasteiger partial charge in [-0.25, -0.2) is 4.39 Å². The molecule has 11 heteroatoms. The standard InChI is InChI=1S/C19H15F4N5O2/c1-11-6-7-27(13-4-2-12(20)3-5-13)17(30)15(11)16(29)26-8-9-28-14(10-26)24-25-18(28)19(21,22)23/h2-7H,8-10H2,1H3. The molecular weight excluding hydrogens is 406 g/mol. The number of aromatic nitrogens is 4. The van der Waals surface area contributed by atoms with Crippen LogP contribution in [0.3, 0.4) is 0 Å². The molecule has 0 saturated carbocycles. The summed E-state index contributed by atoms with van der Waals surface area (Å²) in [5, 5.41) is 6.73. The second-order valence-corrected chi connectivity index (χ2v) is 6.84. The zero-order valence-electron chi connectivity index (χ0n) is 15.6. The van der Waals surface area contributed by atoms with Gasteiger partial charge in [0, 0.05) is 25.0 Å². The minimum absolute atomic E-state index is 0.00521. The Morgan fingerprint density at radius 3 is 2.43 bits per heavy atom. The minimum Gasteiger partial charge on any atom is -0.329 e. The van der Waals surface area contributed by atoms with E-state index in [1.54, 1.807) is 13.0 Å². The topological polar surface area (TPSA) is 73.0 Å². The summed E-state index contributed by atoms with van der Waals surface area (Å²) < 4.78 is 54.3. The second-order valence-electron chi connectivity index (χ2n) is 6.84. The quantitative estimate of drug-likeness (QED) is 0.597. The fraction of sp³-hybridized carbons (Fsp3) is 0.263. The number of hydrogen-bond donors (Lipinski definition) is 0. The van der Waals surface area contributed by atoms with Gasteiger partial charge in [0.25, 0.3) is 11.5 Å². The minimum atomic E-state index is -4.64. The first-order valence-corrected chi connectivity index (χ1v) is 8.93. The molecule has 2 aromatic heterocycles. The number of amides is 1. The molecular formula is C19H15F4N5O2. The number of benzene rings is 1. The fourth-order valence-electron chi connectivity index (χ4n) is 3.39. The molecule has 156 valence electrons. The highest BCUT2D eigenvalue weighted by molar-refractivity contribution is 5.95. The van der Waals surface area contributed by atoms with Gasteiger partial charge in [-0.15, -0.1) is 10.2 Å². The van der Waals surface area contributed by atoms with Crippen molar-refractivity contribution >= 4 is 5.91 Å². The van der Waals surface area contributed by atoms with Gasteiger partial charge in [0.2, 0.25) is 5.82 Å². The molecule has 0 radical (unpaired) electrons. The third-order valence-electron chi connectivity index (χ3n) is 4.91. The average Bonchev–Trinajstić information content (AvgIpc) is 3.12. The van der Waals surface area contributed by atoms with E-state index in [-0.39, 0.29) is 31.0 Å². The lowest BCUT2D eigenvalue weighted by Gasteiger charge is -2.28. The van der Waals surface area contributed by atoms with Crippen LogP contribution in [0, 0.1) is 12.7 Å². The Labute approximate surface area is 167 Å². The summed E-state index contributed by atoms with van der Waals surface area (Å²) in [6.45, 7) is 1.22. The number of alkyl halides is 3. The first kappa shape index (κ1) is 19.8. The Morgan fingerprint density at radius 1 is 1.07 bits per heavy atom. The highest BCUT2D eigenvalue weighted by Gasteiger charge is 2.40. The lowest BCUT2D eigenvalue weighted by molar-refractivity contribution is -0.147. The monoisotopic (exact) mass is 421 g/mol. The maximum absolute atomic E-state index is 13.2. The van der Waals surface area contributed by atoms with Crippen molar-refractivity contribution in [2.24, 2.45) is 0 Å². The largest absolute Gasteiger partial charge is 0.451 e. The predicted molar refractivity (Wildman–Crippen MR) is 96.5 cm³/mol. The first-order valence-electron chi connectivity index (χ1n) is 8.93. The smallest absolute Gasteiger partial charge is 0.329 e. The van der Waals surface area contributed by atoms with Gasteiger partial charge in [-0.3, -0.25) is 14.2 Å². The van der Waals surface area contributed by atoms with Crippen LogP contribution in [0.2, 0.25) is 0 Å². The summed E-state index contributed by atoms with van der Waals surface area (Å²) in [6.07, 6.45) is -3.17. The highest BCUT2D eigenvalue weighted by Crippen LogP contribution is 2.29. The van der Waals surface area contributed by atoms with Gasteiger partial charge >= 0.3 is 6.18 Å². The molecule has 1 amide bonds. The van der Waals surface area contributed by atoms with Crippen molar-refractivity contribution in [3.8, 4) is 5.69 Å². The van der Waals surface area contributed by atoms with Gasteiger partial charge in [0.05, 0.1) is 6.54 Å². The number of aryl methyl sites for hydroxylation is 1. The summed E-state index contributed by atoms with van der Waals surface area (Å²) in [4.78, 5) is 27.3. The molecule has 0 N–H and O–H groups in total. The Morgan fingerprint density at radius 2 is 1.77 bits per heavy atom. The molecule has 0 aliphatic carbocycles. The lowest BCUT2D eigenvalue weighted by Crippen LogP contribution is -2.42. The van der Waals surface area contributed by atoms with Crippen LogP contribution >= 0.6 is 0 Å². The number of nitrogens with zero attached hydrogens (tertiary/aromatic N) is 5. The normalized spacial score (nSPS) is 14.0. The van der Waals surface area contributed by atoms with Crippen molar-refractivity contribution < 1.29 is 22.4 Å². The predicted octanol–water partition coefficient (Wildman–Crippen LogP) is 2.55. The van der Waals surface area contributed by atoms with E-state index in [0.717, 1.165) is 4.57 Å².